The average Bonchev–Trinajstić information content (AvgIpc) is 2.34. The van der Waals surface area contributed by atoms with Crippen molar-refractivity contribution in [3.05, 3.63) is 51.1 Å². The van der Waals surface area contributed by atoms with E-state index in [9.17, 15) is 0 Å². The Morgan fingerprint density at radius 2 is 1.72 bits per heavy atom. The molecule has 1 N–H and O–H groups in total. The minimum Gasteiger partial charge on any atom is -0.340 e. The molecule has 0 bridgehead atoms. The Bertz CT molecular complexity index is 591. The molecule has 1 heterocycles. The molecule has 1 aromatic heterocycles. The molecule has 0 radical (unpaired) electrons. The van der Waals surface area contributed by atoms with Crippen molar-refractivity contribution in [1.29, 1.82) is 0 Å². The molecule has 0 amide bonds. The Labute approximate surface area is 117 Å². The summed E-state index contributed by atoms with van der Waals surface area (Å²) in [4.78, 5) is 4.37. The molecule has 0 unspecified atom stereocenters. The number of hydrogen-bond acceptors (Lipinski definition) is 2. The predicted octanol–water partition coefficient (Wildman–Crippen LogP) is 4.82. The van der Waals surface area contributed by atoms with E-state index in [0.29, 0.717) is 0 Å². The van der Waals surface area contributed by atoms with Gasteiger partial charge < -0.3 is 5.32 Å². The molecule has 0 saturated heterocycles. The van der Waals surface area contributed by atoms with Gasteiger partial charge >= 0.3 is 0 Å². The summed E-state index contributed by atoms with van der Waals surface area (Å²) < 4.78 is 1.03. The molecule has 0 aliphatic rings. The van der Waals surface area contributed by atoms with Gasteiger partial charge in [0.2, 0.25) is 0 Å². The van der Waals surface area contributed by atoms with Crippen molar-refractivity contribution in [2.75, 3.05) is 5.32 Å². The highest BCUT2D eigenvalue weighted by molar-refractivity contribution is 9.10. The van der Waals surface area contributed by atoms with Crippen molar-refractivity contribution >= 4 is 27.4 Å². The molecule has 2 rings (SSSR count). The van der Waals surface area contributed by atoms with Crippen LogP contribution in [0, 0.1) is 27.7 Å². The fourth-order valence-electron chi connectivity index (χ4n) is 1.84. The number of aryl methyl sites for hydroxylation is 2. The van der Waals surface area contributed by atoms with Gasteiger partial charge in [-0.05, 0) is 78.0 Å². The minimum atomic E-state index is 0.877. The number of halogens is 1. The van der Waals surface area contributed by atoms with Crippen molar-refractivity contribution in [3.8, 4) is 0 Å². The summed E-state index contributed by atoms with van der Waals surface area (Å²) in [5.74, 6) is 0.877. The summed E-state index contributed by atoms with van der Waals surface area (Å²) >= 11 is 3.46. The number of aromatic nitrogens is 1. The number of rotatable bonds is 2. The monoisotopic (exact) mass is 304 g/mol. The molecule has 94 valence electrons. The van der Waals surface area contributed by atoms with E-state index in [1.807, 2.05) is 12.3 Å². The van der Waals surface area contributed by atoms with Crippen LogP contribution in [0.5, 0.6) is 0 Å². The lowest BCUT2D eigenvalue weighted by Gasteiger charge is -2.13. The molecule has 0 aliphatic heterocycles. The van der Waals surface area contributed by atoms with E-state index in [0.717, 1.165) is 16.0 Å². The van der Waals surface area contributed by atoms with Crippen LogP contribution in [-0.4, -0.2) is 4.98 Å². The zero-order valence-corrected chi connectivity index (χ0v) is 12.7. The van der Waals surface area contributed by atoms with Crippen molar-refractivity contribution in [2.24, 2.45) is 0 Å². The first kappa shape index (κ1) is 13.1. The van der Waals surface area contributed by atoms with E-state index in [-0.39, 0.29) is 0 Å². The highest BCUT2D eigenvalue weighted by Gasteiger charge is 2.05. The summed E-state index contributed by atoms with van der Waals surface area (Å²) in [7, 11) is 0. The molecule has 0 spiro atoms. The zero-order valence-electron chi connectivity index (χ0n) is 11.1. The average molecular weight is 305 g/mol. The quantitative estimate of drug-likeness (QED) is 0.860. The Morgan fingerprint density at radius 3 is 2.39 bits per heavy atom. The SMILES string of the molecule is Cc1cc(Nc2ccc(C)c(C)c2C)ncc1Br. The van der Waals surface area contributed by atoms with Crippen LogP contribution in [-0.2, 0) is 0 Å². The number of hydrogen-bond donors (Lipinski definition) is 1. The maximum Gasteiger partial charge on any atom is 0.130 e. The van der Waals surface area contributed by atoms with Gasteiger partial charge in [0, 0.05) is 16.4 Å². The summed E-state index contributed by atoms with van der Waals surface area (Å²) in [5, 5.41) is 3.38. The zero-order chi connectivity index (χ0) is 13.3. The fraction of sp³-hybridized carbons (Fsp3) is 0.267. The summed E-state index contributed by atoms with van der Waals surface area (Å²) in [6.45, 7) is 8.48. The molecule has 3 heteroatoms. The first-order valence-corrected chi connectivity index (χ1v) is 6.74. The van der Waals surface area contributed by atoms with Crippen LogP contribution in [0.1, 0.15) is 22.3 Å². The normalized spacial score (nSPS) is 10.5. The Balaban J connectivity index is 2.34. The minimum absolute atomic E-state index is 0.877. The van der Waals surface area contributed by atoms with E-state index < -0.39 is 0 Å². The van der Waals surface area contributed by atoms with E-state index in [2.05, 4.69) is 66.1 Å². The van der Waals surface area contributed by atoms with Crippen molar-refractivity contribution < 1.29 is 0 Å². The van der Waals surface area contributed by atoms with E-state index in [1.54, 1.807) is 0 Å². The molecule has 0 aliphatic carbocycles. The van der Waals surface area contributed by atoms with Crippen LogP contribution >= 0.6 is 15.9 Å². The van der Waals surface area contributed by atoms with Gasteiger partial charge in [-0.25, -0.2) is 4.98 Å². The van der Waals surface area contributed by atoms with Gasteiger partial charge in [-0.15, -0.1) is 0 Å². The highest BCUT2D eigenvalue weighted by atomic mass is 79.9. The molecule has 18 heavy (non-hydrogen) atoms. The highest BCUT2D eigenvalue weighted by Crippen LogP contribution is 2.25. The second-order valence-electron chi connectivity index (χ2n) is 4.62. The first-order chi connectivity index (χ1) is 8.49. The van der Waals surface area contributed by atoms with Gasteiger partial charge in [-0.1, -0.05) is 6.07 Å². The lowest BCUT2D eigenvalue weighted by atomic mass is 10.0. The lowest BCUT2D eigenvalue weighted by molar-refractivity contribution is 1.22. The van der Waals surface area contributed by atoms with Gasteiger partial charge in [0.05, 0.1) is 0 Å². The molecule has 0 saturated carbocycles. The van der Waals surface area contributed by atoms with Gasteiger partial charge in [-0.2, -0.15) is 0 Å². The van der Waals surface area contributed by atoms with Crippen molar-refractivity contribution in [3.63, 3.8) is 0 Å². The first-order valence-electron chi connectivity index (χ1n) is 5.95. The molecular formula is C15H17BrN2. The summed E-state index contributed by atoms with van der Waals surface area (Å²) in [6, 6.07) is 6.28. The topological polar surface area (TPSA) is 24.9 Å². The van der Waals surface area contributed by atoms with Crippen LogP contribution in [0.3, 0.4) is 0 Å². The number of benzene rings is 1. The Morgan fingerprint density at radius 1 is 1.00 bits per heavy atom. The van der Waals surface area contributed by atoms with Gasteiger partial charge in [0.15, 0.2) is 0 Å². The molecule has 2 nitrogen and oxygen atoms in total. The van der Waals surface area contributed by atoms with E-state index in [4.69, 9.17) is 0 Å². The number of anilines is 2. The van der Waals surface area contributed by atoms with Crippen molar-refractivity contribution in [1.82, 2.24) is 4.98 Å². The Hall–Kier alpha value is -1.35. The van der Waals surface area contributed by atoms with Gasteiger partial charge in [-0.3, -0.25) is 0 Å². The van der Waals surface area contributed by atoms with Crippen LogP contribution in [0.25, 0.3) is 0 Å². The largest absolute Gasteiger partial charge is 0.340 e. The number of pyridine rings is 1. The standard InChI is InChI=1S/C15H17BrN2/c1-9-5-6-14(12(4)11(9)3)18-15-7-10(2)13(16)8-17-15/h5-8H,1-4H3,(H,17,18). The van der Waals surface area contributed by atoms with Crippen LogP contribution in [0.2, 0.25) is 0 Å². The second-order valence-corrected chi connectivity index (χ2v) is 5.48. The van der Waals surface area contributed by atoms with E-state index in [1.165, 1.54) is 22.3 Å². The van der Waals surface area contributed by atoms with Gasteiger partial charge in [0.1, 0.15) is 5.82 Å². The predicted molar refractivity (Wildman–Crippen MR) is 80.6 cm³/mol. The molecule has 2 aromatic rings. The third-order valence-electron chi connectivity index (χ3n) is 3.37. The summed E-state index contributed by atoms with van der Waals surface area (Å²) in [5.41, 5.74) is 6.21. The number of nitrogens with one attached hydrogen (secondary N) is 1. The second kappa shape index (κ2) is 5.11. The fourth-order valence-corrected chi connectivity index (χ4v) is 2.05. The van der Waals surface area contributed by atoms with E-state index >= 15 is 0 Å². The number of nitrogens with zero attached hydrogens (tertiary/aromatic N) is 1. The molecular weight excluding hydrogens is 288 g/mol. The third kappa shape index (κ3) is 2.56. The lowest BCUT2D eigenvalue weighted by Crippen LogP contribution is -1.98. The van der Waals surface area contributed by atoms with Crippen LogP contribution < -0.4 is 5.32 Å². The third-order valence-corrected chi connectivity index (χ3v) is 4.20. The molecule has 0 fully saturated rings. The maximum atomic E-state index is 4.37. The smallest absolute Gasteiger partial charge is 0.130 e. The van der Waals surface area contributed by atoms with Crippen LogP contribution in [0.4, 0.5) is 11.5 Å². The van der Waals surface area contributed by atoms with Gasteiger partial charge in [0.25, 0.3) is 0 Å². The molecule has 0 atom stereocenters. The summed E-state index contributed by atoms with van der Waals surface area (Å²) in [6.07, 6.45) is 1.83. The van der Waals surface area contributed by atoms with Crippen LogP contribution in [0.15, 0.2) is 28.9 Å². The Kier molecular flexibility index (Phi) is 3.71. The van der Waals surface area contributed by atoms with Crippen molar-refractivity contribution in [2.45, 2.75) is 27.7 Å². The molecule has 1 aromatic carbocycles. The maximum absolute atomic E-state index is 4.37.